The lowest BCUT2D eigenvalue weighted by atomic mass is 10.1. The molecule has 0 radical (unpaired) electrons. The number of nitrogens with two attached hydrogens (primary N) is 1. The second-order valence-electron chi connectivity index (χ2n) is 4.84. The molecule has 1 aromatic carbocycles. The molecule has 1 atom stereocenters. The van der Waals surface area contributed by atoms with Crippen LogP contribution in [0.4, 0.5) is 0 Å². The van der Waals surface area contributed by atoms with E-state index in [1.807, 2.05) is 26.0 Å². The molecule has 0 amide bonds. The molecule has 4 heteroatoms. The minimum atomic E-state index is -3.10. The van der Waals surface area contributed by atoms with Gasteiger partial charge in [-0.2, -0.15) is 0 Å². The van der Waals surface area contributed by atoms with Gasteiger partial charge in [0.1, 0.15) is 0 Å². The van der Waals surface area contributed by atoms with Gasteiger partial charge in [-0.1, -0.05) is 19.1 Å². The second-order valence-corrected chi connectivity index (χ2v) is 6.94. The fraction of sp³-hybridized carbons (Fsp3) is 0.571. The van der Waals surface area contributed by atoms with Crippen LogP contribution in [0.1, 0.15) is 38.7 Å². The molecule has 2 N–H and O–H groups in total. The minimum absolute atomic E-state index is 0.206. The summed E-state index contributed by atoms with van der Waals surface area (Å²) >= 11 is 0. The molecule has 0 aliphatic rings. The smallest absolute Gasteiger partial charge is 0.178 e. The van der Waals surface area contributed by atoms with Crippen molar-refractivity contribution in [3.05, 3.63) is 29.8 Å². The minimum Gasteiger partial charge on any atom is -0.328 e. The van der Waals surface area contributed by atoms with Gasteiger partial charge in [-0.3, -0.25) is 0 Å². The van der Waals surface area contributed by atoms with E-state index in [-0.39, 0.29) is 11.8 Å². The number of aryl methyl sites for hydroxylation is 1. The Balaban J connectivity index is 2.74. The van der Waals surface area contributed by atoms with Crippen LogP contribution in [0, 0.1) is 0 Å². The van der Waals surface area contributed by atoms with Crippen LogP contribution in [0.15, 0.2) is 29.2 Å². The van der Waals surface area contributed by atoms with Crippen LogP contribution in [0.2, 0.25) is 0 Å². The maximum atomic E-state index is 11.9. The Labute approximate surface area is 110 Å². The largest absolute Gasteiger partial charge is 0.328 e. The highest BCUT2D eigenvalue weighted by atomic mass is 32.2. The monoisotopic (exact) mass is 269 g/mol. The maximum absolute atomic E-state index is 11.9. The van der Waals surface area contributed by atoms with Crippen molar-refractivity contribution in [2.24, 2.45) is 5.73 Å². The normalized spacial score (nSPS) is 13.5. The van der Waals surface area contributed by atoms with E-state index in [1.54, 1.807) is 12.1 Å². The number of rotatable bonds is 7. The number of hydrogen-bond acceptors (Lipinski definition) is 3. The van der Waals surface area contributed by atoms with Gasteiger partial charge in [-0.25, -0.2) is 8.42 Å². The first-order chi connectivity index (χ1) is 8.45. The third kappa shape index (κ3) is 4.78. The van der Waals surface area contributed by atoms with Gasteiger partial charge in [0.25, 0.3) is 0 Å². The third-order valence-electron chi connectivity index (χ3n) is 2.86. The Hall–Kier alpha value is -0.870. The molecule has 0 spiro atoms. The van der Waals surface area contributed by atoms with Gasteiger partial charge in [-0.05, 0) is 50.3 Å². The number of benzene rings is 1. The fourth-order valence-electron chi connectivity index (χ4n) is 1.91. The van der Waals surface area contributed by atoms with E-state index < -0.39 is 9.84 Å². The van der Waals surface area contributed by atoms with Crippen LogP contribution in [-0.4, -0.2) is 20.2 Å². The highest BCUT2D eigenvalue weighted by molar-refractivity contribution is 7.91. The highest BCUT2D eigenvalue weighted by Gasteiger charge is 2.13. The first-order valence-corrected chi connectivity index (χ1v) is 8.18. The molecule has 0 fully saturated rings. The summed E-state index contributed by atoms with van der Waals surface area (Å²) in [5.74, 6) is 0.219. The Morgan fingerprint density at radius 2 is 2.06 bits per heavy atom. The van der Waals surface area contributed by atoms with Crippen LogP contribution < -0.4 is 5.73 Å². The zero-order valence-corrected chi connectivity index (χ0v) is 12.0. The van der Waals surface area contributed by atoms with Crippen LogP contribution >= 0.6 is 0 Å². The van der Waals surface area contributed by atoms with E-state index in [1.165, 1.54) is 0 Å². The third-order valence-corrected chi connectivity index (χ3v) is 4.77. The summed E-state index contributed by atoms with van der Waals surface area (Å²) < 4.78 is 23.9. The van der Waals surface area contributed by atoms with Gasteiger partial charge < -0.3 is 5.73 Å². The summed E-state index contributed by atoms with van der Waals surface area (Å²) in [6.07, 6.45) is 3.50. The van der Waals surface area contributed by atoms with Crippen molar-refractivity contribution in [3.63, 3.8) is 0 Å². The van der Waals surface area contributed by atoms with Gasteiger partial charge in [0, 0.05) is 6.04 Å². The predicted molar refractivity (Wildman–Crippen MR) is 75.4 cm³/mol. The molecule has 0 saturated carbocycles. The highest BCUT2D eigenvalue weighted by Crippen LogP contribution is 2.16. The molecule has 0 bridgehead atoms. The van der Waals surface area contributed by atoms with Gasteiger partial charge in [0.05, 0.1) is 10.6 Å². The molecule has 1 aromatic rings. The van der Waals surface area contributed by atoms with Crippen LogP contribution in [0.25, 0.3) is 0 Å². The predicted octanol–water partition coefficient (Wildman–Crippen LogP) is 2.54. The number of sulfone groups is 1. The summed E-state index contributed by atoms with van der Waals surface area (Å²) in [5.41, 5.74) is 6.78. The average Bonchev–Trinajstić information content (AvgIpc) is 2.29. The van der Waals surface area contributed by atoms with Crippen molar-refractivity contribution < 1.29 is 8.42 Å². The van der Waals surface area contributed by atoms with Crippen LogP contribution in [0.5, 0.6) is 0 Å². The Morgan fingerprint density at radius 3 is 2.67 bits per heavy atom. The van der Waals surface area contributed by atoms with E-state index in [0.717, 1.165) is 24.8 Å². The van der Waals surface area contributed by atoms with Gasteiger partial charge in [0.15, 0.2) is 9.84 Å². The summed E-state index contributed by atoms with van der Waals surface area (Å²) in [7, 11) is -3.10. The van der Waals surface area contributed by atoms with E-state index in [2.05, 4.69) is 0 Å². The lowest BCUT2D eigenvalue weighted by Crippen LogP contribution is -2.14. The maximum Gasteiger partial charge on any atom is 0.178 e. The zero-order valence-electron chi connectivity index (χ0n) is 11.2. The van der Waals surface area contributed by atoms with Gasteiger partial charge in [-0.15, -0.1) is 0 Å². The zero-order chi connectivity index (χ0) is 13.6. The van der Waals surface area contributed by atoms with E-state index in [0.29, 0.717) is 11.3 Å². The van der Waals surface area contributed by atoms with Crippen LogP contribution in [-0.2, 0) is 16.3 Å². The lowest BCUT2D eigenvalue weighted by molar-refractivity contribution is 0.594. The summed E-state index contributed by atoms with van der Waals surface area (Å²) in [4.78, 5) is 0.447. The molecule has 1 unspecified atom stereocenters. The molecule has 0 heterocycles. The standard InChI is InChI=1S/C14H23NO2S/c1-3-10-18(16,17)14-9-5-8-13(11-14)7-4-6-12(2)15/h5,8-9,11-12H,3-4,6-7,10,15H2,1-2H3. The molecule has 0 aromatic heterocycles. The first-order valence-electron chi connectivity index (χ1n) is 6.53. The van der Waals surface area contributed by atoms with Crippen molar-refractivity contribution in [3.8, 4) is 0 Å². The van der Waals surface area contributed by atoms with E-state index >= 15 is 0 Å². The fourth-order valence-corrected chi connectivity index (χ4v) is 3.30. The second kappa shape index (κ2) is 6.90. The molecule has 0 saturated heterocycles. The molecular weight excluding hydrogens is 246 g/mol. The Kier molecular flexibility index (Phi) is 5.82. The van der Waals surface area contributed by atoms with Crippen molar-refractivity contribution >= 4 is 9.84 Å². The van der Waals surface area contributed by atoms with Crippen molar-refractivity contribution in [1.82, 2.24) is 0 Å². The van der Waals surface area contributed by atoms with Crippen molar-refractivity contribution in [2.45, 2.75) is 50.5 Å². The van der Waals surface area contributed by atoms with Gasteiger partial charge >= 0.3 is 0 Å². The van der Waals surface area contributed by atoms with Gasteiger partial charge in [0.2, 0.25) is 0 Å². The molecule has 102 valence electrons. The number of hydrogen-bond donors (Lipinski definition) is 1. The topological polar surface area (TPSA) is 60.2 Å². The van der Waals surface area contributed by atoms with E-state index in [4.69, 9.17) is 5.73 Å². The Morgan fingerprint density at radius 1 is 1.33 bits per heavy atom. The average molecular weight is 269 g/mol. The molecule has 0 aliphatic heterocycles. The van der Waals surface area contributed by atoms with Crippen LogP contribution in [0.3, 0.4) is 0 Å². The van der Waals surface area contributed by atoms with Crippen molar-refractivity contribution in [1.29, 1.82) is 0 Å². The molecule has 18 heavy (non-hydrogen) atoms. The lowest BCUT2D eigenvalue weighted by Gasteiger charge is -2.07. The van der Waals surface area contributed by atoms with Crippen molar-refractivity contribution in [2.75, 3.05) is 5.75 Å². The molecule has 3 nitrogen and oxygen atoms in total. The Bertz CT molecular complexity index is 466. The molecule has 1 rings (SSSR count). The quantitative estimate of drug-likeness (QED) is 0.827. The SMILES string of the molecule is CCCS(=O)(=O)c1cccc(CCCC(C)N)c1. The molecular formula is C14H23NO2S. The summed E-state index contributed by atoms with van der Waals surface area (Å²) in [5, 5.41) is 0. The summed E-state index contributed by atoms with van der Waals surface area (Å²) in [6.45, 7) is 3.87. The summed E-state index contributed by atoms with van der Waals surface area (Å²) in [6, 6.07) is 7.49. The van der Waals surface area contributed by atoms with E-state index in [9.17, 15) is 8.42 Å². The first kappa shape index (κ1) is 15.2. The molecule has 0 aliphatic carbocycles.